The van der Waals surface area contributed by atoms with Crippen LogP contribution in [0.2, 0.25) is 0 Å². The van der Waals surface area contributed by atoms with Crippen molar-refractivity contribution in [3.8, 4) is 0 Å². The quantitative estimate of drug-likeness (QED) is 0.566. The summed E-state index contributed by atoms with van der Waals surface area (Å²) in [4.78, 5) is 22.0. The van der Waals surface area contributed by atoms with Crippen molar-refractivity contribution in [2.75, 3.05) is 11.9 Å². The second-order valence-corrected chi connectivity index (χ2v) is 3.74. The van der Waals surface area contributed by atoms with E-state index in [9.17, 15) is 14.0 Å². The molecule has 1 aromatic carbocycles. The molecule has 0 bridgehead atoms. The fourth-order valence-electron chi connectivity index (χ4n) is 1.35. The summed E-state index contributed by atoms with van der Waals surface area (Å²) < 4.78 is 13.5. The molecule has 5 nitrogen and oxygen atoms in total. The maximum Gasteiger partial charge on any atom is 0.335 e. The highest BCUT2D eigenvalue weighted by Gasteiger charge is 2.10. The molecule has 0 aliphatic rings. The molecule has 0 aromatic heterocycles. The van der Waals surface area contributed by atoms with Crippen molar-refractivity contribution in [1.82, 2.24) is 5.32 Å². The van der Waals surface area contributed by atoms with Crippen molar-refractivity contribution >= 4 is 17.7 Å². The van der Waals surface area contributed by atoms with Gasteiger partial charge in [0.05, 0.1) is 11.3 Å². The molecule has 2 amide bonds. The normalized spacial score (nSPS) is 10.4. The summed E-state index contributed by atoms with van der Waals surface area (Å²) in [7, 11) is 0. The van der Waals surface area contributed by atoms with Crippen LogP contribution in [0.4, 0.5) is 14.9 Å². The van der Waals surface area contributed by atoms with Crippen molar-refractivity contribution in [1.29, 1.82) is 0 Å². The van der Waals surface area contributed by atoms with Crippen LogP contribution in [0.3, 0.4) is 0 Å². The van der Waals surface area contributed by atoms with Crippen molar-refractivity contribution in [3.05, 3.63) is 41.7 Å². The van der Waals surface area contributed by atoms with Gasteiger partial charge in [0.25, 0.3) is 0 Å². The Morgan fingerprint density at radius 2 is 2.16 bits per heavy atom. The number of benzene rings is 1. The first-order chi connectivity index (χ1) is 9.04. The lowest BCUT2D eigenvalue weighted by atomic mass is 10.2. The molecule has 6 heteroatoms. The fourth-order valence-corrected chi connectivity index (χ4v) is 1.35. The van der Waals surface area contributed by atoms with E-state index < -0.39 is 17.8 Å². The van der Waals surface area contributed by atoms with Crippen molar-refractivity contribution in [2.24, 2.45) is 0 Å². The van der Waals surface area contributed by atoms with Gasteiger partial charge in [0.2, 0.25) is 0 Å². The van der Waals surface area contributed by atoms with Crippen LogP contribution < -0.4 is 10.6 Å². The van der Waals surface area contributed by atoms with Crippen LogP contribution in [-0.2, 0) is 0 Å². The van der Waals surface area contributed by atoms with Crippen LogP contribution in [-0.4, -0.2) is 23.7 Å². The molecule has 1 aromatic rings. The molecular weight excluding hydrogens is 251 g/mol. The Morgan fingerprint density at radius 3 is 2.74 bits per heavy atom. The number of carbonyl (C=O) groups excluding carboxylic acids is 1. The predicted octanol–water partition coefficient (Wildman–Crippen LogP) is 2.61. The zero-order valence-corrected chi connectivity index (χ0v) is 10.4. The number of carboxylic acid groups (broad SMARTS) is 1. The molecule has 0 fully saturated rings. The van der Waals surface area contributed by atoms with Gasteiger partial charge in [-0.1, -0.05) is 12.2 Å². The molecular formula is C13H15FN2O3. The summed E-state index contributed by atoms with van der Waals surface area (Å²) in [5.74, 6) is -2.01. The Hall–Kier alpha value is -2.37. The smallest absolute Gasteiger partial charge is 0.335 e. The molecule has 0 atom stereocenters. The van der Waals surface area contributed by atoms with E-state index in [0.29, 0.717) is 13.0 Å². The highest BCUT2D eigenvalue weighted by Crippen LogP contribution is 2.15. The van der Waals surface area contributed by atoms with Gasteiger partial charge in [-0.15, -0.1) is 0 Å². The summed E-state index contributed by atoms with van der Waals surface area (Å²) in [6.45, 7) is 2.31. The van der Waals surface area contributed by atoms with E-state index in [-0.39, 0.29) is 11.3 Å². The van der Waals surface area contributed by atoms with E-state index in [1.54, 1.807) is 0 Å². The molecule has 0 aliphatic heterocycles. The average Bonchev–Trinajstić information content (AvgIpc) is 2.37. The van der Waals surface area contributed by atoms with Gasteiger partial charge in [-0.25, -0.2) is 14.0 Å². The van der Waals surface area contributed by atoms with Gasteiger partial charge in [-0.3, -0.25) is 0 Å². The zero-order valence-electron chi connectivity index (χ0n) is 10.4. The molecule has 0 spiro atoms. The zero-order chi connectivity index (χ0) is 14.3. The van der Waals surface area contributed by atoms with Crippen LogP contribution in [0.25, 0.3) is 0 Å². The first kappa shape index (κ1) is 14.7. The number of nitrogens with one attached hydrogen (secondary N) is 2. The minimum atomic E-state index is -1.22. The molecule has 1 rings (SSSR count). The lowest BCUT2D eigenvalue weighted by Gasteiger charge is -2.08. The Balaban J connectivity index is 2.57. The Morgan fingerprint density at radius 1 is 1.42 bits per heavy atom. The maximum absolute atomic E-state index is 13.5. The summed E-state index contributed by atoms with van der Waals surface area (Å²) in [5.41, 5.74) is -0.231. The van der Waals surface area contributed by atoms with Crippen LogP contribution in [0.5, 0.6) is 0 Å². The molecule has 102 valence electrons. The lowest BCUT2D eigenvalue weighted by Crippen LogP contribution is -2.29. The van der Waals surface area contributed by atoms with Crippen LogP contribution in [0.1, 0.15) is 23.7 Å². The molecule has 0 heterocycles. The summed E-state index contributed by atoms with van der Waals surface area (Å²) in [6.07, 6.45) is 4.44. The van der Waals surface area contributed by atoms with Crippen LogP contribution in [0, 0.1) is 5.82 Å². The van der Waals surface area contributed by atoms with Crippen LogP contribution >= 0.6 is 0 Å². The van der Waals surface area contributed by atoms with E-state index in [4.69, 9.17) is 5.11 Å². The van der Waals surface area contributed by atoms with E-state index in [1.165, 1.54) is 12.1 Å². The summed E-state index contributed by atoms with van der Waals surface area (Å²) in [5, 5.41) is 13.5. The monoisotopic (exact) mass is 266 g/mol. The molecule has 0 radical (unpaired) electrons. The van der Waals surface area contributed by atoms with Crippen LogP contribution in [0.15, 0.2) is 30.4 Å². The average molecular weight is 266 g/mol. The molecule has 3 N–H and O–H groups in total. The highest BCUT2D eigenvalue weighted by atomic mass is 19.1. The topological polar surface area (TPSA) is 78.4 Å². The van der Waals surface area contributed by atoms with Crippen molar-refractivity contribution < 1.29 is 19.1 Å². The number of hydrogen-bond donors (Lipinski definition) is 3. The van der Waals surface area contributed by atoms with Crippen molar-refractivity contribution in [2.45, 2.75) is 13.3 Å². The van der Waals surface area contributed by atoms with Gasteiger partial charge in [0, 0.05) is 6.54 Å². The third-order valence-electron chi connectivity index (χ3n) is 2.30. The predicted molar refractivity (Wildman–Crippen MR) is 69.8 cm³/mol. The number of halogens is 1. The number of amides is 2. The third kappa shape index (κ3) is 4.79. The number of anilines is 1. The molecule has 0 aliphatic carbocycles. The van der Waals surface area contributed by atoms with E-state index >= 15 is 0 Å². The number of allylic oxidation sites excluding steroid dienone is 1. The van der Waals surface area contributed by atoms with Gasteiger partial charge >= 0.3 is 12.0 Å². The second kappa shape index (κ2) is 7.15. The van der Waals surface area contributed by atoms with Gasteiger partial charge in [-0.05, 0) is 31.5 Å². The van der Waals surface area contributed by atoms with E-state index in [1.807, 2.05) is 19.1 Å². The first-order valence-electron chi connectivity index (χ1n) is 5.73. The SMILES string of the molecule is C/C=C/CCNC(=O)Nc1ccc(C(=O)O)cc1F. The lowest BCUT2D eigenvalue weighted by molar-refractivity contribution is 0.0696. The Kier molecular flexibility index (Phi) is 5.53. The minimum Gasteiger partial charge on any atom is -0.478 e. The fraction of sp³-hybridized carbons (Fsp3) is 0.231. The molecule has 0 saturated heterocycles. The van der Waals surface area contributed by atoms with E-state index in [2.05, 4.69) is 10.6 Å². The van der Waals surface area contributed by atoms with Gasteiger partial charge in [0.15, 0.2) is 0 Å². The first-order valence-corrected chi connectivity index (χ1v) is 5.73. The minimum absolute atomic E-state index is 0.0615. The van der Waals surface area contributed by atoms with E-state index in [0.717, 1.165) is 6.07 Å². The number of aromatic carboxylic acids is 1. The number of carboxylic acids is 1. The number of rotatable bonds is 5. The second-order valence-electron chi connectivity index (χ2n) is 3.74. The standard InChI is InChI=1S/C13H15FN2O3/c1-2-3-4-7-15-13(19)16-11-6-5-9(12(17)18)8-10(11)14/h2-3,5-6,8H,4,7H2,1H3,(H,17,18)(H2,15,16,19)/b3-2+. The van der Waals surface area contributed by atoms with Gasteiger partial charge in [0.1, 0.15) is 5.82 Å². The number of carbonyl (C=O) groups is 2. The third-order valence-corrected chi connectivity index (χ3v) is 2.30. The summed E-state index contributed by atoms with van der Waals surface area (Å²) >= 11 is 0. The van der Waals surface area contributed by atoms with Gasteiger partial charge in [-0.2, -0.15) is 0 Å². The Bertz CT molecular complexity index is 501. The van der Waals surface area contributed by atoms with Gasteiger partial charge < -0.3 is 15.7 Å². The highest BCUT2D eigenvalue weighted by molar-refractivity contribution is 5.91. The largest absolute Gasteiger partial charge is 0.478 e. The van der Waals surface area contributed by atoms with Crippen molar-refractivity contribution in [3.63, 3.8) is 0 Å². The molecule has 0 unspecified atom stereocenters. The molecule has 0 saturated carbocycles. The number of hydrogen-bond acceptors (Lipinski definition) is 2. The maximum atomic E-state index is 13.5. The number of urea groups is 1. The molecule has 19 heavy (non-hydrogen) atoms. The Labute approximate surface area is 110 Å². The summed E-state index contributed by atoms with van der Waals surface area (Å²) in [6, 6.07) is 2.76.